The van der Waals surface area contributed by atoms with E-state index in [9.17, 15) is 0 Å². The van der Waals surface area contributed by atoms with Crippen molar-refractivity contribution < 1.29 is 4.74 Å². The minimum Gasteiger partial charge on any atom is -0.493 e. The van der Waals surface area contributed by atoms with Gasteiger partial charge in [-0.2, -0.15) is 0 Å². The third-order valence-corrected chi connectivity index (χ3v) is 3.39. The van der Waals surface area contributed by atoms with Crippen LogP contribution in [0.25, 0.3) is 11.3 Å². The Morgan fingerprint density at radius 3 is 2.64 bits per heavy atom. The number of nitrogens with zero attached hydrogens (tertiary/aromatic N) is 2. The Bertz CT molecular complexity index is 741. The second kappa shape index (κ2) is 6.85. The van der Waals surface area contributed by atoms with Crippen molar-refractivity contribution in [3.05, 3.63) is 78.2 Å². The molecule has 0 aliphatic rings. The van der Waals surface area contributed by atoms with Crippen LogP contribution in [0.15, 0.2) is 67.0 Å². The average molecular weight is 290 g/mol. The molecule has 1 heterocycles. The maximum absolute atomic E-state index is 5.85. The number of aromatic nitrogens is 2. The van der Waals surface area contributed by atoms with E-state index < -0.39 is 0 Å². The number of hydrogen-bond acceptors (Lipinski definition) is 3. The molecule has 0 saturated heterocycles. The van der Waals surface area contributed by atoms with E-state index >= 15 is 0 Å². The number of aryl methyl sites for hydroxylation is 1. The molecule has 0 aliphatic carbocycles. The molecule has 2 aromatic carbocycles. The van der Waals surface area contributed by atoms with Crippen LogP contribution in [0.4, 0.5) is 0 Å². The zero-order valence-electron chi connectivity index (χ0n) is 12.6. The molecule has 0 amide bonds. The topological polar surface area (TPSA) is 35.0 Å². The van der Waals surface area contributed by atoms with Crippen molar-refractivity contribution >= 4 is 0 Å². The van der Waals surface area contributed by atoms with E-state index in [-0.39, 0.29) is 0 Å². The van der Waals surface area contributed by atoms with Gasteiger partial charge in [-0.15, -0.1) is 0 Å². The molecule has 0 fully saturated rings. The molecule has 1 aromatic heterocycles. The van der Waals surface area contributed by atoms with Crippen molar-refractivity contribution in [3.8, 4) is 17.0 Å². The summed E-state index contributed by atoms with van der Waals surface area (Å²) in [5.41, 5.74) is 4.08. The van der Waals surface area contributed by atoms with Gasteiger partial charge in [-0.25, -0.2) is 4.98 Å². The maximum Gasteiger partial charge on any atom is 0.119 e. The Morgan fingerprint density at radius 1 is 0.955 bits per heavy atom. The van der Waals surface area contributed by atoms with Crippen LogP contribution in [0.2, 0.25) is 0 Å². The summed E-state index contributed by atoms with van der Waals surface area (Å²) in [6, 6.07) is 18.3. The Kier molecular flexibility index (Phi) is 4.44. The van der Waals surface area contributed by atoms with Crippen LogP contribution in [-0.4, -0.2) is 16.6 Å². The van der Waals surface area contributed by atoms with E-state index in [1.54, 1.807) is 12.4 Å². The van der Waals surface area contributed by atoms with Gasteiger partial charge in [0, 0.05) is 18.2 Å². The molecule has 110 valence electrons. The lowest BCUT2D eigenvalue weighted by atomic mass is 10.1. The van der Waals surface area contributed by atoms with Crippen molar-refractivity contribution in [2.45, 2.75) is 13.3 Å². The van der Waals surface area contributed by atoms with Crippen LogP contribution in [0, 0.1) is 6.92 Å². The van der Waals surface area contributed by atoms with Gasteiger partial charge in [-0.05, 0) is 24.6 Å². The Labute approximate surface area is 130 Å². The lowest BCUT2D eigenvalue weighted by Crippen LogP contribution is -2.01. The summed E-state index contributed by atoms with van der Waals surface area (Å²) in [5, 5.41) is 0. The van der Waals surface area contributed by atoms with Crippen LogP contribution in [-0.2, 0) is 6.42 Å². The molecule has 0 aliphatic heterocycles. The number of benzene rings is 2. The first kappa shape index (κ1) is 14.3. The molecular weight excluding hydrogens is 272 g/mol. The summed E-state index contributed by atoms with van der Waals surface area (Å²) in [6.07, 6.45) is 4.43. The van der Waals surface area contributed by atoms with Gasteiger partial charge in [0.25, 0.3) is 0 Å². The lowest BCUT2D eigenvalue weighted by molar-refractivity contribution is 0.322. The predicted molar refractivity (Wildman–Crippen MR) is 87.8 cm³/mol. The van der Waals surface area contributed by atoms with Gasteiger partial charge in [0.2, 0.25) is 0 Å². The van der Waals surface area contributed by atoms with Crippen LogP contribution in [0.1, 0.15) is 11.3 Å². The van der Waals surface area contributed by atoms with Gasteiger partial charge in [0.15, 0.2) is 0 Å². The molecule has 0 bridgehead atoms. The molecule has 22 heavy (non-hydrogen) atoms. The van der Waals surface area contributed by atoms with E-state index in [0.29, 0.717) is 6.61 Å². The highest BCUT2D eigenvalue weighted by Gasteiger charge is 2.02. The number of hydrogen-bond donors (Lipinski definition) is 0. The molecule has 0 spiro atoms. The van der Waals surface area contributed by atoms with E-state index in [1.807, 2.05) is 49.4 Å². The van der Waals surface area contributed by atoms with Gasteiger partial charge in [0.05, 0.1) is 24.2 Å². The summed E-state index contributed by atoms with van der Waals surface area (Å²) in [5.74, 6) is 0.858. The fourth-order valence-corrected chi connectivity index (χ4v) is 2.28. The summed E-state index contributed by atoms with van der Waals surface area (Å²) in [6.45, 7) is 2.60. The molecule has 3 heteroatoms. The molecule has 0 radical (unpaired) electrons. The standard InChI is InChI=1S/C19H18N2O/c1-15-13-20-14-19(21-15)17-8-5-9-18(12-17)22-11-10-16-6-3-2-4-7-16/h2-9,12-14H,10-11H2,1H3. The van der Waals surface area contributed by atoms with Crippen molar-refractivity contribution in [3.63, 3.8) is 0 Å². The second-order valence-corrected chi connectivity index (χ2v) is 5.16. The van der Waals surface area contributed by atoms with E-state index in [1.165, 1.54) is 5.56 Å². The van der Waals surface area contributed by atoms with Crippen molar-refractivity contribution in [2.75, 3.05) is 6.61 Å². The summed E-state index contributed by atoms with van der Waals surface area (Å²) >= 11 is 0. The van der Waals surface area contributed by atoms with Gasteiger partial charge in [-0.3, -0.25) is 4.98 Å². The third-order valence-electron chi connectivity index (χ3n) is 3.39. The second-order valence-electron chi connectivity index (χ2n) is 5.16. The van der Waals surface area contributed by atoms with Crippen LogP contribution in [0.3, 0.4) is 0 Å². The highest BCUT2D eigenvalue weighted by Crippen LogP contribution is 2.22. The fourth-order valence-electron chi connectivity index (χ4n) is 2.28. The fraction of sp³-hybridized carbons (Fsp3) is 0.158. The number of rotatable bonds is 5. The minimum atomic E-state index is 0.660. The molecule has 0 unspecified atom stereocenters. The third kappa shape index (κ3) is 3.70. The summed E-state index contributed by atoms with van der Waals surface area (Å²) < 4.78 is 5.85. The molecule has 3 nitrogen and oxygen atoms in total. The maximum atomic E-state index is 5.85. The van der Waals surface area contributed by atoms with Gasteiger partial charge in [-0.1, -0.05) is 42.5 Å². The highest BCUT2D eigenvalue weighted by molar-refractivity contribution is 5.60. The lowest BCUT2D eigenvalue weighted by Gasteiger charge is -2.08. The van der Waals surface area contributed by atoms with Crippen molar-refractivity contribution in [2.24, 2.45) is 0 Å². The van der Waals surface area contributed by atoms with E-state index in [2.05, 4.69) is 22.1 Å². The smallest absolute Gasteiger partial charge is 0.119 e. The quantitative estimate of drug-likeness (QED) is 0.710. The first-order valence-corrected chi connectivity index (χ1v) is 7.37. The van der Waals surface area contributed by atoms with Gasteiger partial charge >= 0.3 is 0 Å². The van der Waals surface area contributed by atoms with E-state index in [0.717, 1.165) is 29.1 Å². The molecule has 0 saturated carbocycles. The molecule has 3 aromatic rings. The number of ether oxygens (including phenoxy) is 1. The van der Waals surface area contributed by atoms with Crippen molar-refractivity contribution in [1.29, 1.82) is 0 Å². The molecule has 0 atom stereocenters. The van der Waals surface area contributed by atoms with Crippen LogP contribution < -0.4 is 4.74 Å². The van der Waals surface area contributed by atoms with Gasteiger partial charge < -0.3 is 4.74 Å². The largest absolute Gasteiger partial charge is 0.493 e. The molecule has 0 N–H and O–H groups in total. The van der Waals surface area contributed by atoms with Crippen LogP contribution >= 0.6 is 0 Å². The SMILES string of the molecule is Cc1cncc(-c2cccc(OCCc3ccccc3)c2)n1. The Morgan fingerprint density at radius 2 is 1.82 bits per heavy atom. The summed E-state index contributed by atoms with van der Waals surface area (Å²) in [7, 11) is 0. The molecular formula is C19H18N2O. The zero-order chi connectivity index (χ0) is 15.2. The zero-order valence-corrected chi connectivity index (χ0v) is 12.6. The van der Waals surface area contributed by atoms with Gasteiger partial charge in [0.1, 0.15) is 5.75 Å². The van der Waals surface area contributed by atoms with E-state index in [4.69, 9.17) is 4.74 Å². The first-order chi connectivity index (χ1) is 10.8. The van der Waals surface area contributed by atoms with Crippen molar-refractivity contribution in [1.82, 2.24) is 9.97 Å². The monoisotopic (exact) mass is 290 g/mol. The average Bonchev–Trinajstić information content (AvgIpc) is 2.56. The summed E-state index contributed by atoms with van der Waals surface area (Å²) in [4.78, 5) is 8.68. The Balaban J connectivity index is 1.66. The molecule has 3 rings (SSSR count). The minimum absolute atomic E-state index is 0.660. The first-order valence-electron chi connectivity index (χ1n) is 7.37. The predicted octanol–water partition coefficient (Wildman–Crippen LogP) is 4.07. The highest BCUT2D eigenvalue weighted by atomic mass is 16.5. The Hall–Kier alpha value is -2.68. The van der Waals surface area contributed by atoms with Crippen LogP contribution in [0.5, 0.6) is 5.75 Å². The normalized spacial score (nSPS) is 10.4.